The van der Waals surface area contributed by atoms with E-state index in [1.54, 1.807) is 21.7 Å². The molecule has 0 bridgehead atoms. The van der Waals surface area contributed by atoms with E-state index in [4.69, 9.17) is 4.74 Å². The van der Waals surface area contributed by atoms with Crippen molar-refractivity contribution in [3.8, 4) is 0 Å². The minimum atomic E-state index is -0.554. The molecule has 1 fully saturated rings. The molecule has 2 heterocycles. The highest BCUT2D eigenvalue weighted by Crippen LogP contribution is 2.32. The quantitative estimate of drug-likeness (QED) is 0.794. The van der Waals surface area contributed by atoms with Gasteiger partial charge in [-0.05, 0) is 38.5 Å². The molecule has 122 valence electrons. The number of ketones is 1. The Bertz CT molecular complexity index is 748. The standard InChI is InChI=1S/C17H20N2O3S/c1-17(2,3)22-16(21)19-7-6-12(20)9-14(19)11-4-5-15-13(8-11)18-10-23-15/h4-5,8,10,14H,6-7,9H2,1-3H3/t14-/m0/s1. The summed E-state index contributed by atoms with van der Waals surface area (Å²) in [4.78, 5) is 30.4. The number of nitrogens with zero attached hydrogens (tertiary/aromatic N) is 2. The van der Waals surface area contributed by atoms with Crippen LogP contribution >= 0.6 is 11.3 Å². The Hall–Kier alpha value is -1.95. The summed E-state index contributed by atoms with van der Waals surface area (Å²) in [5, 5.41) is 0. The van der Waals surface area contributed by atoms with Gasteiger partial charge < -0.3 is 9.64 Å². The van der Waals surface area contributed by atoms with Gasteiger partial charge in [-0.1, -0.05) is 6.07 Å². The zero-order chi connectivity index (χ0) is 16.6. The Labute approximate surface area is 139 Å². The second-order valence-electron chi connectivity index (χ2n) is 6.76. The average molecular weight is 332 g/mol. The van der Waals surface area contributed by atoms with Crippen molar-refractivity contribution < 1.29 is 14.3 Å². The molecule has 1 saturated heterocycles. The van der Waals surface area contributed by atoms with Crippen LogP contribution in [0, 0.1) is 0 Å². The molecular weight excluding hydrogens is 312 g/mol. The molecule has 23 heavy (non-hydrogen) atoms. The van der Waals surface area contributed by atoms with Gasteiger partial charge in [0.05, 0.1) is 21.8 Å². The van der Waals surface area contributed by atoms with Crippen LogP contribution in [0.25, 0.3) is 10.2 Å². The molecule has 1 atom stereocenters. The Morgan fingerprint density at radius 1 is 1.39 bits per heavy atom. The molecule has 5 nitrogen and oxygen atoms in total. The summed E-state index contributed by atoms with van der Waals surface area (Å²) in [6.07, 6.45) is 0.345. The van der Waals surface area contributed by atoms with Gasteiger partial charge in [0.1, 0.15) is 11.4 Å². The maximum absolute atomic E-state index is 12.5. The minimum absolute atomic E-state index is 0.174. The molecule has 1 amide bonds. The van der Waals surface area contributed by atoms with E-state index >= 15 is 0 Å². The number of fused-ring (bicyclic) bond motifs is 1. The van der Waals surface area contributed by atoms with Crippen molar-refractivity contribution in [1.82, 2.24) is 9.88 Å². The largest absolute Gasteiger partial charge is 0.444 e. The number of benzene rings is 1. The van der Waals surface area contributed by atoms with E-state index in [9.17, 15) is 9.59 Å². The lowest BCUT2D eigenvalue weighted by molar-refractivity contribution is -0.123. The lowest BCUT2D eigenvalue weighted by atomic mass is 9.94. The van der Waals surface area contributed by atoms with Crippen molar-refractivity contribution in [2.24, 2.45) is 0 Å². The number of thiazole rings is 1. The fourth-order valence-electron chi connectivity index (χ4n) is 2.75. The number of carbonyl (C=O) groups excluding carboxylic acids is 2. The van der Waals surface area contributed by atoms with Gasteiger partial charge in [0.25, 0.3) is 0 Å². The normalized spacial score (nSPS) is 19.2. The first-order valence-corrected chi connectivity index (χ1v) is 8.56. The summed E-state index contributed by atoms with van der Waals surface area (Å²) >= 11 is 1.57. The maximum atomic E-state index is 12.5. The van der Waals surface area contributed by atoms with Crippen molar-refractivity contribution in [2.45, 2.75) is 45.3 Å². The van der Waals surface area contributed by atoms with Crippen LogP contribution in [0.2, 0.25) is 0 Å². The van der Waals surface area contributed by atoms with E-state index in [2.05, 4.69) is 4.98 Å². The van der Waals surface area contributed by atoms with Gasteiger partial charge in [-0.25, -0.2) is 9.78 Å². The molecule has 2 aromatic rings. The Balaban J connectivity index is 1.91. The lowest BCUT2D eigenvalue weighted by Crippen LogP contribution is -2.43. The molecule has 0 aliphatic carbocycles. The predicted molar refractivity (Wildman–Crippen MR) is 89.5 cm³/mol. The van der Waals surface area contributed by atoms with Crippen molar-refractivity contribution in [3.63, 3.8) is 0 Å². The fourth-order valence-corrected chi connectivity index (χ4v) is 3.41. The number of piperidine rings is 1. The first kappa shape index (κ1) is 15.9. The van der Waals surface area contributed by atoms with Crippen LogP contribution in [0.4, 0.5) is 4.79 Å². The highest BCUT2D eigenvalue weighted by Gasteiger charge is 2.34. The zero-order valence-corrected chi connectivity index (χ0v) is 14.4. The predicted octanol–water partition coefficient (Wildman–Crippen LogP) is 3.94. The van der Waals surface area contributed by atoms with E-state index in [-0.39, 0.29) is 17.9 Å². The van der Waals surface area contributed by atoms with Gasteiger partial charge in [0, 0.05) is 19.4 Å². The number of hydrogen-bond acceptors (Lipinski definition) is 5. The molecule has 3 rings (SSSR count). The van der Waals surface area contributed by atoms with Gasteiger partial charge in [-0.15, -0.1) is 11.3 Å². The van der Waals surface area contributed by atoms with Gasteiger partial charge >= 0.3 is 6.09 Å². The maximum Gasteiger partial charge on any atom is 0.410 e. The highest BCUT2D eigenvalue weighted by molar-refractivity contribution is 7.16. The minimum Gasteiger partial charge on any atom is -0.444 e. The third-order valence-electron chi connectivity index (χ3n) is 3.80. The Morgan fingerprint density at radius 3 is 2.91 bits per heavy atom. The van der Waals surface area contributed by atoms with Crippen LogP contribution < -0.4 is 0 Å². The van der Waals surface area contributed by atoms with Crippen LogP contribution in [0.5, 0.6) is 0 Å². The topological polar surface area (TPSA) is 59.5 Å². The van der Waals surface area contributed by atoms with Crippen LogP contribution in [-0.4, -0.2) is 33.9 Å². The first-order chi connectivity index (χ1) is 10.8. The van der Waals surface area contributed by atoms with E-state index in [1.807, 2.05) is 39.0 Å². The average Bonchev–Trinajstić information content (AvgIpc) is 2.92. The Morgan fingerprint density at radius 2 is 2.17 bits per heavy atom. The number of ether oxygens (including phenoxy) is 1. The summed E-state index contributed by atoms with van der Waals surface area (Å²) in [7, 11) is 0. The van der Waals surface area contributed by atoms with Gasteiger partial charge in [0.15, 0.2) is 0 Å². The molecule has 1 aliphatic rings. The molecule has 0 N–H and O–H groups in total. The molecule has 1 aromatic carbocycles. The number of carbonyl (C=O) groups is 2. The van der Waals surface area contributed by atoms with Crippen molar-refractivity contribution in [3.05, 3.63) is 29.3 Å². The summed E-state index contributed by atoms with van der Waals surface area (Å²) in [5.41, 5.74) is 3.07. The molecule has 1 aliphatic heterocycles. The zero-order valence-electron chi connectivity index (χ0n) is 13.5. The molecular formula is C17H20N2O3S. The Kier molecular flexibility index (Phi) is 4.10. The van der Waals surface area contributed by atoms with E-state index in [0.29, 0.717) is 19.4 Å². The monoisotopic (exact) mass is 332 g/mol. The summed E-state index contributed by atoms with van der Waals surface area (Å²) in [5.74, 6) is 0.174. The first-order valence-electron chi connectivity index (χ1n) is 7.68. The van der Waals surface area contributed by atoms with Crippen LogP contribution in [0.1, 0.15) is 45.2 Å². The third kappa shape index (κ3) is 3.52. The third-order valence-corrected chi connectivity index (χ3v) is 4.61. The highest BCUT2D eigenvalue weighted by atomic mass is 32.1. The van der Waals surface area contributed by atoms with E-state index in [0.717, 1.165) is 15.8 Å². The number of likely N-dealkylation sites (tertiary alicyclic amines) is 1. The SMILES string of the molecule is CC(C)(C)OC(=O)N1CCC(=O)C[C@H]1c1ccc2scnc2c1. The second-order valence-corrected chi connectivity index (χ2v) is 7.65. The molecule has 6 heteroatoms. The molecule has 1 aromatic heterocycles. The molecule has 0 radical (unpaired) electrons. The fraction of sp³-hybridized carbons (Fsp3) is 0.471. The molecule has 0 spiro atoms. The van der Waals surface area contributed by atoms with Crippen molar-refractivity contribution >= 4 is 33.4 Å². The summed E-state index contributed by atoms with van der Waals surface area (Å²) in [6, 6.07) is 5.65. The number of Topliss-reactive ketones (excluding diaryl/α,β-unsaturated/α-hetero) is 1. The van der Waals surface area contributed by atoms with Gasteiger partial charge in [-0.2, -0.15) is 0 Å². The van der Waals surface area contributed by atoms with Crippen LogP contribution in [0.3, 0.4) is 0 Å². The van der Waals surface area contributed by atoms with Crippen LogP contribution in [0.15, 0.2) is 23.7 Å². The van der Waals surface area contributed by atoms with Crippen molar-refractivity contribution in [2.75, 3.05) is 6.54 Å². The van der Waals surface area contributed by atoms with Crippen molar-refractivity contribution in [1.29, 1.82) is 0 Å². The molecule has 0 saturated carbocycles. The van der Waals surface area contributed by atoms with Gasteiger partial charge in [0.2, 0.25) is 0 Å². The van der Waals surface area contributed by atoms with Gasteiger partial charge in [-0.3, -0.25) is 4.79 Å². The lowest BCUT2D eigenvalue weighted by Gasteiger charge is -2.36. The summed E-state index contributed by atoms with van der Waals surface area (Å²) < 4.78 is 6.60. The molecule has 0 unspecified atom stereocenters. The number of hydrogen-bond donors (Lipinski definition) is 0. The van der Waals surface area contributed by atoms with Crippen LogP contribution in [-0.2, 0) is 9.53 Å². The van der Waals surface area contributed by atoms with E-state index in [1.165, 1.54) is 0 Å². The smallest absolute Gasteiger partial charge is 0.410 e. The number of amides is 1. The van der Waals surface area contributed by atoms with E-state index < -0.39 is 5.60 Å². The summed E-state index contributed by atoms with van der Waals surface area (Å²) in [6.45, 7) is 5.93. The number of aromatic nitrogens is 1. The second kappa shape index (κ2) is 5.92. The number of rotatable bonds is 1.